The summed E-state index contributed by atoms with van der Waals surface area (Å²) in [5.41, 5.74) is 0.0750. The van der Waals surface area contributed by atoms with Crippen molar-refractivity contribution in [3.8, 4) is 0 Å². The van der Waals surface area contributed by atoms with E-state index in [0.717, 1.165) is 12.8 Å². The van der Waals surface area contributed by atoms with Crippen LogP contribution in [-0.2, 0) is 14.3 Å². The Bertz CT molecular complexity index is 556. The molecule has 0 heterocycles. The molecule has 112 valence electrons. The number of para-hydroxylation sites is 1. The van der Waals surface area contributed by atoms with Crippen molar-refractivity contribution in [1.29, 1.82) is 0 Å². The van der Waals surface area contributed by atoms with Crippen LogP contribution in [0.25, 0.3) is 0 Å². The van der Waals surface area contributed by atoms with Crippen LogP contribution < -0.4 is 5.32 Å². The third-order valence-corrected chi connectivity index (χ3v) is 3.40. The molecule has 0 saturated heterocycles. The number of hydrogen-bond acceptors (Lipinski definition) is 3. The number of nitrogens with one attached hydrogen (secondary N) is 1. The zero-order chi connectivity index (χ0) is 15.2. The van der Waals surface area contributed by atoms with E-state index in [4.69, 9.17) is 4.74 Å². The molecule has 1 N–H and O–H groups in total. The van der Waals surface area contributed by atoms with Crippen molar-refractivity contribution < 1.29 is 18.7 Å². The van der Waals surface area contributed by atoms with E-state index in [0.29, 0.717) is 6.42 Å². The lowest BCUT2D eigenvalue weighted by atomic mass is 9.95. The summed E-state index contributed by atoms with van der Waals surface area (Å²) < 4.78 is 18.6. The minimum absolute atomic E-state index is 0.0750. The average Bonchev–Trinajstić information content (AvgIpc) is 2.50. The smallest absolute Gasteiger partial charge is 0.310 e. The van der Waals surface area contributed by atoms with Gasteiger partial charge in [0.2, 0.25) is 0 Å². The maximum Gasteiger partial charge on any atom is 0.310 e. The molecular formula is C16H18FNO3. The Labute approximate surface area is 123 Å². The second kappa shape index (κ2) is 7.02. The van der Waals surface area contributed by atoms with Crippen LogP contribution in [0, 0.1) is 11.7 Å². The summed E-state index contributed by atoms with van der Waals surface area (Å²) in [4.78, 5) is 23.8. The molecule has 1 amide bonds. The number of ether oxygens (including phenoxy) is 1. The first kappa shape index (κ1) is 15.2. The summed E-state index contributed by atoms with van der Waals surface area (Å²) in [6.45, 7) is 1.48. The second-order valence-electron chi connectivity index (χ2n) is 5.03. The van der Waals surface area contributed by atoms with Crippen LogP contribution in [-0.4, -0.2) is 18.0 Å². The predicted molar refractivity (Wildman–Crippen MR) is 77.1 cm³/mol. The Morgan fingerprint density at radius 1 is 1.33 bits per heavy atom. The lowest BCUT2D eigenvalue weighted by Crippen LogP contribution is -2.32. The summed E-state index contributed by atoms with van der Waals surface area (Å²) in [5, 5.41) is 2.41. The average molecular weight is 291 g/mol. The number of carbonyl (C=O) groups is 2. The van der Waals surface area contributed by atoms with Crippen molar-refractivity contribution in [2.45, 2.75) is 32.3 Å². The van der Waals surface area contributed by atoms with Crippen LogP contribution in [0.4, 0.5) is 10.1 Å². The molecule has 1 aliphatic carbocycles. The molecule has 4 nitrogen and oxygen atoms in total. The number of esters is 1. The minimum atomic E-state index is -0.956. The van der Waals surface area contributed by atoms with E-state index in [1.807, 2.05) is 12.2 Å². The first-order valence-electron chi connectivity index (χ1n) is 6.99. The fourth-order valence-corrected chi connectivity index (χ4v) is 2.13. The standard InChI is InChI=1S/C16H18FNO3/c1-11(21-16(20)12-7-3-2-4-8-12)15(19)18-14-10-6-5-9-13(14)17/h2-3,5-6,9-12H,4,7-8H2,1H3,(H,18,19). The third kappa shape index (κ3) is 4.15. The van der Waals surface area contributed by atoms with Gasteiger partial charge in [0.05, 0.1) is 11.6 Å². The summed E-state index contributed by atoms with van der Waals surface area (Å²) >= 11 is 0. The van der Waals surface area contributed by atoms with Crippen molar-refractivity contribution in [2.24, 2.45) is 5.92 Å². The summed E-state index contributed by atoms with van der Waals surface area (Å²) in [6, 6.07) is 5.85. The van der Waals surface area contributed by atoms with Gasteiger partial charge in [0, 0.05) is 0 Å². The highest BCUT2D eigenvalue weighted by Gasteiger charge is 2.25. The summed E-state index contributed by atoms with van der Waals surface area (Å²) in [6.07, 6.45) is 5.23. The largest absolute Gasteiger partial charge is 0.452 e. The molecule has 0 radical (unpaired) electrons. The Hall–Kier alpha value is -2.17. The van der Waals surface area contributed by atoms with E-state index in [1.165, 1.54) is 25.1 Å². The number of rotatable bonds is 4. The van der Waals surface area contributed by atoms with Crippen molar-refractivity contribution in [1.82, 2.24) is 0 Å². The van der Waals surface area contributed by atoms with Crippen LogP contribution in [0.1, 0.15) is 26.2 Å². The molecule has 1 aromatic rings. The van der Waals surface area contributed by atoms with Gasteiger partial charge in [-0.2, -0.15) is 0 Å². The molecule has 0 aliphatic heterocycles. The summed E-state index contributed by atoms with van der Waals surface area (Å²) in [5.74, 6) is -1.64. The minimum Gasteiger partial charge on any atom is -0.452 e. The quantitative estimate of drug-likeness (QED) is 0.685. The van der Waals surface area contributed by atoms with Gasteiger partial charge in [-0.25, -0.2) is 4.39 Å². The summed E-state index contributed by atoms with van der Waals surface area (Å²) in [7, 11) is 0. The molecule has 2 atom stereocenters. The van der Waals surface area contributed by atoms with Crippen molar-refractivity contribution in [3.63, 3.8) is 0 Å². The lowest BCUT2D eigenvalue weighted by molar-refractivity contribution is -0.157. The first-order chi connectivity index (χ1) is 10.1. The van der Waals surface area contributed by atoms with Gasteiger partial charge in [0.25, 0.3) is 5.91 Å². The number of carbonyl (C=O) groups excluding carboxylic acids is 2. The highest BCUT2D eigenvalue weighted by molar-refractivity contribution is 5.95. The third-order valence-electron chi connectivity index (χ3n) is 3.40. The molecule has 1 aromatic carbocycles. The molecule has 0 bridgehead atoms. The predicted octanol–water partition coefficient (Wildman–Crippen LogP) is 3.05. The molecule has 2 rings (SSSR count). The van der Waals surface area contributed by atoms with E-state index in [2.05, 4.69) is 5.32 Å². The number of benzene rings is 1. The van der Waals surface area contributed by atoms with E-state index in [1.54, 1.807) is 6.07 Å². The lowest BCUT2D eigenvalue weighted by Gasteiger charge is -2.19. The SMILES string of the molecule is CC(OC(=O)C1CC=CCC1)C(=O)Nc1ccccc1F. The fraction of sp³-hybridized carbons (Fsp3) is 0.375. The number of amides is 1. The van der Waals surface area contributed by atoms with Gasteiger partial charge >= 0.3 is 5.97 Å². The van der Waals surface area contributed by atoms with Gasteiger partial charge in [-0.05, 0) is 38.3 Å². The maximum atomic E-state index is 13.4. The molecule has 0 saturated carbocycles. The molecule has 0 fully saturated rings. The normalized spacial score (nSPS) is 18.9. The Morgan fingerprint density at radius 2 is 2.10 bits per heavy atom. The van der Waals surface area contributed by atoms with Crippen LogP contribution >= 0.6 is 0 Å². The van der Waals surface area contributed by atoms with E-state index < -0.39 is 17.8 Å². The van der Waals surface area contributed by atoms with Gasteiger partial charge in [-0.1, -0.05) is 24.3 Å². The van der Waals surface area contributed by atoms with E-state index in [-0.39, 0.29) is 17.6 Å². The Morgan fingerprint density at radius 3 is 2.76 bits per heavy atom. The van der Waals surface area contributed by atoms with Crippen LogP contribution in [0.3, 0.4) is 0 Å². The zero-order valence-corrected chi connectivity index (χ0v) is 11.8. The number of anilines is 1. The van der Waals surface area contributed by atoms with Gasteiger partial charge in [0.1, 0.15) is 5.82 Å². The second-order valence-corrected chi connectivity index (χ2v) is 5.03. The topological polar surface area (TPSA) is 55.4 Å². The van der Waals surface area contributed by atoms with Crippen LogP contribution in [0.15, 0.2) is 36.4 Å². The molecule has 1 aliphatic rings. The molecule has 2 unspecified atom stereocenters. The van der Waals surface area contributed by atoms with Gasteiger partial charge in [-0.3, -0.25) is 9.59 Å². The molecule has 21 heavy (non-hydrogen) atoms. The van der Waals surface area contributed by atoms with Crippen molar-refractivity contribution in [2.75, 3.05) is 5.32 Å². The van der Waals surface area contributed by atoms with Gasteiger partial charge in [0.15, 0.2) is 6.10 Å². The molecule has 0 spiro atoms. The van der Waals surface area contributed by atoms with Gasteiger partial charge < -0.3 is 10.1 Å². The Kier molecular flexibility index (Phi) is 5.09. The van der Waals surface area contributed by atoms with Crippen LogP contribution in [0.2, 0.25) is 0 Å². The van der Waals surface area contributed by atoms with Crippen molar-refractivity contribution >= 4 is 17.6 Å². The highest BCUT2D eigenvalue weighted by Crippen LogP contribution is 2.20. The van der Waals surface area contributed by atoms with E-state index >= 15 is 0 Å². The molecular weight excluding hydrogens is 273 g/mol. The van der Waals surface area contributed by atoms with E-state index in [9.17, 15) is 14.0 Å². The van der Waals surface area contributed by atoms with Crippen LogP contribution in [0.5, 0.6) is 0 Å². The maximum absolute atomic E-state index is 13.4. The number of hydrogen-bond donors (Lipinski definition) is 1. The van der Waals surface area contributed by atoms with Crippen molar-refractivity contribution in [3.05, 3.63) is 42.2 Å². The molecule has 5 heteroatoms. The number of halogens is 1. The number of allylic oxidation sites excluding steroid dienone is 2. The van der Waals surface area contributed by atoms with Gasteiger partial charge in [-0.15, -0.1) is 0 Å². The zero-order valence-electron chi connectivity index (χ0n) is 11.8. The molecule has 0 aromatic heterocycles. The highest BCUT2D eigenvalue weighted by atomic mass is 19.1. The fourth-order valence-electron chi connectivity index (χ4n) is 2.13. The monoisotopic (exact) mass is 291 g/mol. The Balaban J connectivity index is 1.89. The first-order valence-corrected chi connectivity index (χ1v) is 6.99.